The first-order chi connectivity index (χ1) is 7.13. The molecule has 3 heteroatoms. The maximum atomic E-state index is 5.63. The minimum atomic E-state index is 0.313. The Balaban J connectivity index is 2.69. The van der Waals surface area contributed by atoms with Crippen LogP contribution in [0, 0.1) is 0 Å². The smallest absolute Gasteiger partial charge is 0.123 e. The minimum Gasteiger partial charge on any atom is -0.488 e. The Morgan fingerprint density at radius 2 is 2.33 bits per heavy atom. The van der Waals surface area contributed by atoms with E-state index in [0.717, 1.165) is 5.75 Å². The van der Waals surface area contributed by atoms with E-state index in [9.17, 15) is 0 Å². The van der Waals surface area contributed by atoms with E-state index in [-0.39, 0.29) is 0 Å². The highest BCUT2D eigenvalue weighted by Crippen LogP contribution is 2.19. The third-order valence-corrected chi connectivity index (χ3v) is 2.30. The molecule has 0 saturated heterocycles. The van der Waals surface area contributed by atoms with E-state index in [1.165, 1.54) is 5.56 Å². The fourth-order valence-electron chi connectivity index (χ4n) is 1.20. The number of benzene rings is 1. The first-order valence-electron chi connectivity index (χ1n) is 4.86. The fraction of sp³-hybridized carbons (Fsp3) is 0.333. The second-order valence-corrected chi connectivity index (χ2v) is 3.92. The summed E-state index contributed by atoms with van der Waals surface area (Å²) in [5, 5.41) is 3.68. The maximum Gasteiger partial charge on any atom is 0.123 e. The van der Waals surface area contributed by atoms with Crippen molar-refractivity contribution in [2.75, 3.05) is 13.7 Å². The number of ether oxygens (including phenoxy) is 1. The van der Waals surface area contributed by atoms with Crippen LogP contribution in [0.4, 0.5) is 0 Å². The van der Waals surface area contributed by atoms with Crippen molar-refractivity contribution in [2.45, 2.75) is 13.0 Å². The topological polar surface area (TPSA) is 21.3 Å². The zero-order valence-corrected chi connectivity index (χ0v) is 9.84. The Kier molecular flexibility index (Phi) is 4.66. The molecular weight excluding hydrogens is 210 g/mol. The molecule has 0 amide bonds. The van der Waals surface area contributed by atoms with E-state index in [0.29, 0.717) is 17.7 Å². The molecule has 0 aromatic heterocycles. The molecule has 82 valence electrons. The molecular formula is C12H16ClNO. The molecule has 1 aromatic carbocycles. The van der Waals surface area contributed by atoms with Gasteiger partial charge in [0.1, 0.15) is 12.4 Å². The molecule has 0 saturated carbocycles. The normalized spacial score (nSPS) is 12.2. The SMILES string of the molecule is C=C(Cl)COc1cccc(C(C)NC)c1. The summed E-state index contributed by atoms with van der Waals surface area (Å²) in [5.74, 6) is 0.816. The lowest BCUT2D eigenvalue weighted by atomic mass is 10.1. The van der Waals surface area contributed by atoms with Crippen LogP contribution in [0.25, 0.3) is 0 Å². The molecule has 2 nitrogen and oxygen atoms in total. The van der Waals surface area contributed by atoms with Gasteiger partial charge in [-0.2, -0.15) is 0 Å². The highest BCUT2D eigenvalue weighted by Gasteiger charge is 2.03. The molecule has 0 heterocycles. The molecule has 1 aromatic rings. The van der Waals surface area contributed by atoms with E-state index in [2.05, 4.69) is 24.9 Å². The average molecular weight is 226 g/mol. The summed E-state index contributed by atoms with van der Waals surface area (Å²) in [6.45, 7) is 6.01. The van der Waals surface area contributed by atoms with Gasteiger partial charge in [-0.3, -0.25) is 0 Å². The van der Waals surface area contributed by atoms with E-state index in [1.807, 2.05) is 25.2 Å². The van der Waals surface area contributed by atoms with Gasteiger partial charge < -0.3 is 10.1 Å². The summed E-state index contributed by atoms with van der Waals surface area (Å²) in [6, 6.07) is 8.25. The van der Waals surface area contributed by atoms with E-state index in [1.54, 1.807) is 0 Å². The highest BCUT2D eigenvalue weighted by atomic mass is 35.5. The van der Waals surface area contributed by atoms with Crippen molar-refractivity contribution in [3.05, 3.63) is 41.4 Å². The average Bonchev–Trinajstić information content (AvgIpc) is 2.25. The summed E-state index contributed by atoms with van der Waals surface area (Å²) >= 11 is 5.63. The molecule has 0 fully saturated rings. The van der Waals surface area contributed by atoms with Gasteiger partial charge in [-0.25, -0.2) is 0 Å². The van der Waals surface area contributed by atoms with Gasteiger partial charge in [0.25, 0.3) is 0 Å². The maximum absolute atomic E-state index is 5.63. The van der Waals surface area contributed by atoms with Crippen molar-refractivity contribution < 1.29 is 4.74 Å². The van der Waals surface area contributed by atoms with Gasteiger partial charge in [0.2, 0.25) is 0 Å². The van der Waals surface area contributed by atoms with Crippen molar-refractivity contribution in [3.63, 3.8) is 0 Å². The quantitative estimate of drug-likeness (QED) is 0.832. The van der Waals surface area contributed by atoms with E-state index < -0.39 is 0 Å². The largest absolute Gasteiger partial charge is 0.488 e. The van der Waals surface area contributed by atoms with Crippen LogP contribution in [0.2, 0.25) is 0 Å². The molecule has 15 heavy (non-hydrogen) atoms. The first kappa shape index (κ1) is 12.1. The van der Waals surface area contributed by atoms with Crippen LogP contribution in [-0.4, -0.2) is 13.7 Å². The third kappa shape index (κ3) is 3.94. The number of nitrogens with one attached hydrogen (secondary N) is 1. The summed E-state index contributed by atoms with van der Waals surface area (Å²) in [6.07, 6.45) is 0. The molecule has 1 N–H and O–H groups in total. The molecule has 0 aliphatic rings. The van der Waals surface area contributed by atoms with E-state index >= 15 is 0 Å². The van der Waals surface area contributed by atoms with Crippen LogP contribution in [0.5, 0.6) is 5.75 Å². The molecule has 0 aliphatic carbocycles. The molecule has 0 radical (unpaired) electrons. The predicted molar refractivity (Wildman–Crippen MR) is 64.4 cm³/mol. The van der Waals surface area contributed by atoms with Crippen molar-refractivity contribution in [1.82, 2.24) is 5.32 Å². The lowest BCUT2D eigenvalue weighted by Crippen LogP contribution is -2.12. The Morgan fingerprint density at radius 3 is 2.93 bits per heavy atom. The number of hydrogen-bond donors (Lipinski definition) is 1. The van der Waals surface area contributed by atoms with Crippen molar-refractivity contribution in [1.29, 1.82) is 0 Å². The Morgan fingerprint density at radius 1 is 1.60 bits per heavy atom. The Hall–Kier alpha value is -0.990. The molecule has 1 rings (SSSR count). The summed E-state index contributed by atoms with van der Waals surface area (Å²) < 4.78 is 5.44. The number of rotatable bonds is 5. The molecule has 1 atom stereocenters. The first-order valence-corrected chi connectivity index (χ1v) is 5.24. The van der Waals surface area contributed by atoms with Gasteiger partial charge in [0, 0.05) is 11.1 Å². The van der Waals surface area contributed by atoms with Crippen LogP contribution in [0.1, 0.15) is 18.5 Å². The van der Waals surface area contributed by atoms with Crippen LogP contribution in [0.3, 0.4) is 0 Å². The monoisotopic (exact) mass is 225 g/mol. The van der Waals surface area contributed by atoms with Crippen molar-refractivity contribution >= 4 is 11.6 Å². The molecule has 1 unspecified atom stereocenters. The van der Waals surface area contributed by atoms with Crippen molar-refractivity contribution in [3.8, 4) is 5.75 Å². The van der Waals surface area contributed by atoms with Gasteiger partial charge in [-0.15, -0.1) is 0 Å². The van der Waals surface area contributed by atoms with Gasteiger partial charge in [-0.1, -0.05) is 30.3 Å². The van der Waals surface area contributed by atoms with Gasteiger partial charge in [-0.05, 0) is 31.7 Å². The Bertz CT molecular complexity index is 338. The fourth-order valence-corrected chi connectivity index (χ4v) is 1.26. The Labute approximate surface area is 95.9 Å². The van der Waals surface area contributed by atoms with Gasteiger partial charge >= 0.3 is 0 Å². The zero-order chi connectivity index (χ0) is 11.3. The molecule has 0 spiro atoms. The van der Waals surface area contributed by atoms with E-state index in [4.69, 9.17) is 16.3 Å². The number of hydrogen-bond acceptors (Lipinski definition) is 2. The minimum absolute atomic E-state index is 0.313. The second kappa shape index (κ2) is 5.79. The van der Waals surface area contributed by atoms with Crippen LogP contribution < -0.4 is 10.1 Å². The zero-order valence-electron chi connectivity index (χ0n) is 9.09. The third-order valence-electron chi connectivity index (χ3n) is 2.19. The highest BCUT2D eigenvalue weighted by molar-refractivity contribution is 6.29. The van der Waals surface area contributed by atoms with Crippen LogP contribution in [0.15, 0.2) is 35.9 Å². The summed E-state index contributed by atoms with van der Waals surface area (Å²) in [7, 11) is 1.93. The summed E-state index contributed by atoms with van der Waals surface area (Å²) in [4.78, 5) is 0. The lowest BCUT2D eigenvalue weighted by Gasteiger charge is -2.12. The summed E-state index contributed by atoms with van der Waals surface area (Å²) in [5.41, 5.74) is 1.19. The van der Waals surface area contributed by atoms with Crippen molar-refractivity contribution in [2.24, 2.45) is 0 Å². The second-order valence-electron chi connectivity index (χ2n) is 3.39. The lowest BCUT2D eigenvalue weighted by molar-refractivity contribution is 0.359. The van der Waals surface area contributed by atoms with Gasteiger partial charge in [0.05, 0.1) is 0 Å². The van der Waals surface area contributed by atoms with Crippen LogP contribution in [-0.2, 0) is 0 Å². The predicted octanol–water partition coefficient (Wildman–Crippen LogP) is 3.10. The standard InChI is InChI=1S/C12H16ClNO/c1-9(13)8-15-12-6-4-5-11(7-12)10(2)14-3/h4-7,10,14H,1,8H2,2-3H3. The van der Waals surface area contributed by atoms with Gasteiger partial charge in [0.15, 0.2) is 0 Å². The molecule has 0 bridgehead atoms. The number of halogens is 1. The van der Waals surface area contributed by atoms with Crippen LogP contribution >= 0.6 is 11.6 Å². The molecule has 0 aliphatic heterocycles.